The Morgan fingerprint density at radius 2 is 1.45 bits per heavy atom. The summed E-state index contributed by atoms with van der Waals surface area (Å²) in [5.74, 6) is 0. The van der Waals surface area contributed by atoms with E-state index >= 15 is 0 Å². The van der Waals surface area contributed by atoms with Gasteiger partial charge in [-0.1, -0.05) is 23.2 Å². The van der Waals surface area contributed by atoms with Crippen LogP contribution < -0.4 is 0 Å². The molecule has 0 saturated carbocycles. The van der Waals surface area contributed by atoms with Gasteiger partial charge in [0.1, 0.15) is 5.69 Å². The second kappa shape index (κ2) is 4.66. The molecule has 0 N–H and O–H groups in total. The van der Waals surface area contributed by atoms with Crippen LogP contribution in [0.4, 0.5) is 26.3 Å². The van der Waals surface area contributed by atoms with E-state index in [4.69, 9.17) is 23.2 Å². The minimum atomic E-state index is -4.91. The van der Waals surface area contributed by atoms with Crippen molar-refractivity contribution in [2.75, 3.05) is 0 Å². The van der Waals surface area contributed by atoms with Gasteiger partial charge in [-0.3, -0.25) is 0 Å². The van der Waals surface area contributed by atoms with Crippen LogP contribution in [-0.2, 0) is 12.4 Å². The van der Waals surface area contributed by atoms with E-state index in [0.29, 0.717) is 12.1 Å². The third-order valence-corrected chi connectivity index (χ3v) is 3.07. The molecular weight excluding hydrogens is 331 g/mol. The zero-order valence-electron chi connectivity index (χ0n) is 9.20. The van der Waals surface area contributed by atoms with Crippen LogP contribution in [0.1, 0.15) is 11.3 Å². The van der Waals surface area contributed by atoms with Gasteiger partial charge < -0.3 is 0 Å². The SMILES string of the molecule is FC(F)(F)c1cc(Cl)c2c(Cl)ccc(C(F)(F)F)c2n1. The molecule has 2 aromatic rings. The van der Waals surface area contributed by atoms with E-state index in [2.05, 4.69) is 4.98 Å². The Morgan fingerprint density at radius 3 is 1.95 bits per heavy atom. The highest BCUT2D eigenvalue weighted by molar-refractivity contribution is 6.42. The molecule has 0 amide bonds. The maximum Gasteiger partial charge on any atom is 0.433 e. The van der Waals surface area contributed by atoms with Crippen LogP contribution in [0.3, 0.4) is 0 Å². The minimum absolute atomic E-state index is 0.209. The molecule has 0 unspecified atom stereocenters. The summed E-state index contributed by atoms with van der Waals surface area (Å²) in [6.45, 7) is 0. The fraction of sp³-hybridized carbons (Fsp3) is 0.182. The maximum atomic E-state index is 12.8. The Bertz CT molecular complexity index is 677. The second-order valence-corrected chi connectivity index (χ2v) is 4.62. The maximum absolute atomic E-state index is 12.8. The zero-order valence-corrected chi connectivity index (χ0v) is 10.7. The molecule has 0 fully saturated rings. The van der Waals surface area contributed by atoms with Gasteiger partial charge in [0.15, 0.2) is 0 Å². The van der Waals surface area contributed by atoms with Crippen molar-refractivity contribution in [3.05, 3.63) is 39.5 Å². The van der Waals surface area contributed by atoms with Crippen LogP contribution >= 0.6 is 23.2 Å². The quantitative estimate of drug-likeness (QED) is 0.573. The van der Waals surface area contributed by atoms with Crippen LogP contribution in [-0.4, -0.2) is 4.98 Å². The fourth-order valence-electron chi connectivity index (χ4n) is 1.63. The first-order valence-electron chi connectivity index (χ1n) is 4.95. The summed E-state index contributed by atoms with van der Waals surface area (Å²) in [4.78, 5) is 3.02. The van der Waals surface area contributed by atoms with E-state index in [-0.39, 0.29) is 10.4 Å². The number of alkyl halides is 6. The van der Waals surface area contributed by atoms with Crippen molar-refractivity contribution >= 4 is 34.1 Å². The monoisotopic (exact) mass is 333 g/mol. The summed E-state index contributed by atoms with van der Waals surface area (Å²) in [5.41, 5.74) is -3.77. The highest BCUT2D eigenvalue weighted by Crippen LogP contribution is 2.41. The highest BCUT2D eigenvalue weighted by atomic mass is 35.5. The molecule has 0 spiro atoms. The van der Waals surface area contributed by atoms with Crippen LogP contribution in [0.2, 0.25) is 10.0 Å². The van der Waals surface area contributed by atoms with Crippen molar-refractivity contribution in [3.8, 4) is 0 Å². The molecule has 0 aliphatic heterocycles. The van der Waals surface area contributed by atoms with Crippen LogP contribution in [0.5, 0.6) is 0 Å². The molecule has 0 aliphatic rings. The molecule has 1 aromatic carbocycles. The van der Waals surface area contributed by atoms with Crippen molar-refractivity contribution in [1.82, 2.24) is 4.98 Å². The van der Waals surface area contributed by atoms with E-state index < -0.39 is 34.1 Å². The number of rotatable bonds is 0. The number of halogens is 8. The molecule has 0 bridgehead atoms. The lowest BCUT2D eigenvalue weighted by Crippen LogP contribution is -2.11. The molecule has 0 saturated heterocycles. The van der Waals surface area contributed by atoms with Gasteiger partial charge in [-0.05, 0) is 18.2 Å². The van der Waals surface area contributed by atoms with Gasteiger partial charge in [0, 0.05) is 5.39 Å². The van der Waals surface area contributed by atoms with E-state index in [1.165, 1.54) is 0 Å². The normalized spacial score (nSPS) is 13.0. The lowest BCUT2D eigenvalue weighted by Gasteiger charge is -2.14. The number of fused-ring (bicyclic) bond motifs is 1. The smallest absolute Gasteiger partial charge is 0.243 e. The summed E-state index contributed by atoms with van der Waals surface area (Å²) in [6, 6.07) is 1.91. The molecule has 0 atom stereocenters. The minimum Gasteiger partial charge on any atom is -0.243 e. The molecule has 20 heavy (non-hydrogen) atoms. The molecule has 0 radical (unpaired) electrons. The van der Waals surface area contributed by atoms with Crippen LogP contribution in [0, 0.1) is 0 Å². The molecule has 2 rings (SSSR count). The first-order valence-corrected chi connectivity index (χ1v) is 5.70. The number of nitrogens with zero attached hydrogens (tertiary/aromatic N) is 1. The number of hydrogen-bond donors (Lipinski definition) is 0. The summed E-state index contributed by atoms with van der Waals surface area (Å²) in [5, 5.41) is -1.12. The van der Waals surface area contributed by atoms with E-state index in [1.54, 1.807) is 0 Å². The van der Waals surface area contributed by atoms with Crippen LogP contribution in [0.25, 0.3) is 10.9 Å². The molecule has 1 heterocycles. The molecule has 9 heteroatoms. The van der Waals surface area contributed by atoms with Gasteiger partial charge in [0.05, 0.1) is 21.1 Å². The number of aromatic nitrogens is 1. The average Bonchev–Trinajstić information content (AvgIpc) is 2.25. The van der Waals surface area contributed by atoms with Crippen molar-refractivity contribution in [2.45, 2.75) is 12.4 Å². The zero-order chi connectivity index (χ0) is 15.3. The predicted octanol–water partition coefficient (Wildman–Crippen LogP) is 5.58. The van der Waals surface area contributed by atoms with Gasteiger partial charge in [-0.15, -0.1) is 0 Å². The third kappa shape index (κ3) is 2.64. The van der Waals surface area contributed by atoms with Gasteiger partial charge in [-0.2, -0.15) is 26.3 Å². The Balaban J connectivity index is 2.92. The van der Waals surface area contributed by atoms with E-state index in [1.807, 2.05) is 0 Å². The van der Waals surface area contributed by atoms with Crippen molar-refractivity contribution in [3.63, 3.8) is 0 Å². The number of pyridine rings is 1. The van der Waals surface area contributed by atoms with Gasteiger partial charge in [0.25, 0.3) is 0 Å². The Labute approximate surface area is 118 Å². The Hall–Kier alpha value is -1.21. The van der Waals surface area contributed by atoms with Crippen LogP contribution in [0.15, 0.2) is 18.2 Å². The van der Waals surface area contributed by atoms with Crippen molar-refractivity contribution in [1.29, 1.82) is 0 Å². The summed E-state index contributed by atoms with van der Waals surface area (Å²) >= 11 is 11.3. The first kappa shape index (κ1) is 15.2. The molecular formula is C11H3Cl2F6N. The highest BCUT2D eigenvalue weighted by Gasteiger charge is 2.37. The topological polar surface area (TPSA) is 12.9 Å². The molecule has 1 nitrogen and oxygen atoms in total. The lowest BCUT2D eigenvalue weighted by atomic mass is 10.1. The molecule has 0 aliphatic carbocycles. The van der Waals surface area contributed by atoms with Gasteiger partial charge >= 0.3 is 12.4 Å². The fourth-order valence-corrected chi connectivity index (χ4v) is 2.23. The van der Waals surface area contributed by atoms with Crippen molar-refractivity contribution < 1.29 is 26.3 Å². The molecule has 1 aromatic heterocycles. The second-order valence-electron chi connectivity index (χ2n) is 3.80. The summed E-state index contributed by atoms with van der Waals surface area (Å²) in [7, 11) is 0. The summed E-state index contributed by atoms with van der Waals surface area (Å²) < 4.78 is 76.2. The standard InChI is InChI=1S/C11H3Cl2F6N/c12-5-2-1-4(10(14,15)16)9-8(5)6(13)3-7(20-9)11(17,18)19/h1-3H. The number of hydrogen-bond acceptors (Lipinski definition) is 1. The van der Waals surface area contributed by atoms with E-state index in [9.17, 15) is 26.3 Å². The first-order chi connectivity index (χ1) is 9.01. The van der Waals surface area contributed by atoms with E-state index in [0.717, 1.165) is 6.07 Å². The predicted molar refractivity (Wildman–Crippen MR) is 61.8 cm³/mol. The Kier molecular flexibility index (Phi) is 3.54. The number of benzene rings is 1. The largest absolute Gasteiger partial charge is 0.433 e. The molecule has 108 valence electrons. The van der Waals surface area contributed by atoms with Gasteiger partial charge in [0.2, 0.25) is 0 Å². The Morgan fingerprint density at radius 1 is 0.850 bits per heavy atom. The third-order valence-electron chi connectivity index (χ3n) is 2.46. The average molecular weight is 334 g/mol. The van der Waals surface area contributed by atoms with Gasteiger partial charge in [-0.25, -0.2) is 4.98 Å². The lowest BCUT2D eigenvalue weighted by molar-refractivity contribution is -0.142. The van der Waals surface area contributed by atoms with Crippen molar-refractivity contribution in [2.24, 2.45) is 0 Å². The summed E-state index contributed by atoms with van der Waals surface area (Å²) in [6.07, 6.45) is -9.79.